The number of esters is 1. The molecule has 150 valence electrons. The lowest BCUT2D eigenvalue weighted by molar-refractivity contribution is -0.141. The molecule has 0 spiro atoms. The zero-order valence-electron chi connectivity index (χ0n) is 16.5. The van der Waals surface area contributed by atoms with E-state index in [1.165, 1.54) is 12.7 Å². The van der Waals surface area contributed by atoms with Crippen LogP contribution in [-0.4, -0.2) is 23.4 Å². The third-order valence-electron chi connectivity index (χ3n) is 4.98. The fourth-order valence-electron chi connectivity index (χ4n) is 3.42. The van der Waals surface area contributed by atoms with E-state index in [9.17, 15) is 9.90 Å². The van der Waals surface area contributed by atoms with Gasteiger partial charge in [0.15, 0.2) is 0 Å². The van der Waals surface area contributed by atoms with Crippen LogP contribution in [0.25, 0.3) is 0 Å². The van der Waals surface area contributed by atoms with Crippen molar-refractivity contribution in [1.82, 2.24) is 0 Å². The Balaban J connectivity index is 1.94. The van der Waals surface area contributed by atoms with E-state index in [0.29, 0.717) is 0 Å². The molecule has 29 heavy (non-hydrogen) atoms. The molecule has 0 aromatic heterocycles. The van der Waals surface area contributed by atoms with Gasteiger partial charge in [0, 0.05) is 16.9 Å². The van der Waals surface area contributed by atoms with Crippen molar-refractivity contribution in [3.05, 3.63) is 108 Å². The number of hydrogen-bond donors (Lipinski definition) is 1. The van der Waals surface area contributed by atoms with Crippen molar-refractivity contribution in [1.29, 1.82) is 0 Å². The number of carbonyl (C=O) groups is 1. The lowest BCUT2D eigenvalue weighted by atomic mass is 9.87. The minimum Gasteiger partial charge on any atom is -0.469 e. The first-order valence-electron chi connectivity index (χ1n) is 9.69. The summed E-state index contributed by atoms with van der Waals surface area (Å²) in [6, 6.07) is 29.8. The quantitative estimate of drug-likeness (QED) is 0.485. The summed E-state index contributed by atoms with van der Waals surface area (Å²) >= 11 is 1.68. The fraction of sp³-hybridized carbons (Fsp3) is 0.240. The summed E-state index contributed by atoms with van der Waals surface area (Å²) in [4.78, 5) is 12.2. The Labute approximate surface area is 176 Å². The van der Waals surface area contributed by atoms with Crippen molar-refractivity contribution < 1.29 is 14.6 Å². The van der Waals surface area contributed by atoms with Crippen LogP contribution >= 0.6 is 11.8 Å². The zero-order valence-corrected chi connectivity index (χ0v) is 17.3. The molecule has 0 aliphatic carbocycles. The van der Waals surface area contributed by atoms with Gasteiger partial charge in [0.1, 0.15) is 0 Å². The van der Waals surface area contributed by atoms with Gasteiger partial charge in [-0.1, -0.05) is 91.0 Å². The monoisotopic (exact) mass is 406 g/mol. The van der Waals surface area contributed by atoms with E-state index in [0.717, 1.165) is 16.9 Å². The number of aliphatic hydroxyl groups excluding tert-OH is 1. The van der Waals surface area contributed by atoms with Crippen LogP contribution in [0.5, 0.6) is 0 Å². The maximum Gasteiger partial charge on any atom is 0.306 e. The van der Waals surface area contributed by atoms with Crippen molar-refractivity contribution >= 4 is 17.7 Å². The molecule has 3 aromatic carbocycles. The van der Waals surface area contributed by atoms with Crippen molar-refractivity contribution in [2.45, 2.75) is 29.4 Å². The van der Waals surface area contributed by atoms with E-state index in [1.807, 2.05) is 78.9 Å². The topological polar surface area (TPSA) is 46.5 Å². The second-order valence-electron chi connectivity index (χ2n) is 6.91. The van der Waals surface area contributed by atoms with Crippen LogP contribution in [0.2, 0.25) is 0 Å². The number of methoxy groups -OCH3 is 1. The molecule has 0 bridgehead atoms. The zero-order chi connectivity index (χ0) is 20.5. The average molecular weight is 407 g/mol. The molecule has 0 aliphatic rings. The number of ether oxygens (including phenoxy) is 1. The highest BCUT2D eigenvalue weighted by atomic mass is 32.2. The molecule has 0 fully saturated rings. The first kappa shape index (κ1) is 21.2. The molecule has 0 saturated heterocycles. The summed E-state index contributed by atoms with van der Waals surface area (Å²) in [7, 11) is 1.41. The van der Waals surface area contributed by atoms with Crippen LogP contribution < -0.4 is 0 Å². The van der Waals surface area contributed by atoms with Crippen molar-refractivity contribution in [3.63, 3.8) is 0 Å². The predicted molar refractivity (Wildman–Crippen MR) is 119 cm³/mol. The summed E-state index contributed by atoms with van der Waals surface area (Å²) in [5.74, 6) is 0.303. The average Bonchev–Trinajstić information content (AvgIpc) is 2.80. The molecule has 0 heterocycles. The minimum absolute atomic E-state index is 0.174. The summed E-state index contributed by atoms with van der Waals surface area (Å²) < 4.78 is 4.97. The molecule has 3 aromatic rings. The molecule has 3 nitrogen and oxygen atoms in total. The van der Waals surface area contributed by atoms with Gasteiger partial charge in [-0.3, -0.25) is 4.79 Å². The van der Waals surface area contributed by atoms with E-state index in [2.05, 4.69) is 12.1 Å². The molecular formula is C25H26O3S. The van der Waals surface area contributed by atoms with Crippen molar-refractivity contribution in [2.24, 2.45) is 0 Å². The van der Waals surface area contributed by atoms with Gasteiger partial charge in [-0.15, -0.1) is 0 Å². The van der Waals surface area contributed by atoms with Gasteiger partial charge < -0.3 is 9.84 Å². The number of thioether (sulfide) groups is 1. The highest BCUT2D eigenvalue weighted by molar-refractivity contribution is 7.99. The Bertz CT molecular complexity index is 868. The second kappa shape index (κ2) is 10.8. The number of aliphatic hydroxyl groups is 1. The molecular weight excluding hydrogens is 380 g/mol. The molecule has 0 saturated carbocycles. The Kier molecular flexibility index (Phi) is 7.91. The first-order chi connectivity index (χ1) is 14.2. The number of rotatable bonds is 9. The fourth-order valence-corrected chi connectivity index (χ4v) is 4.82. The van der Waals surface area contributed by atoms with Gasteiger partial charge in [-0.05, 0) is 16.7 Å². The molecule has 1 N–H and O–H groups in total. The lowest BCUT2D eigenvalue weighted by Gasteiger charge is -2.31. The number of benzene rings is 3. The first-order valence-corrected chi connectivity index (χ1v) is 10.7. The minimum atomic E-state index is -0.709. The summed E-state index contributed by atoms with van der Waals surface area (Å²) in [6.45, 7) is 0. The van der Waals surface area contributed by atoms with E-state index in [1.54, 1.807) is 11.8 Å². The van der Waals surface area contributed by atoms with E-state index >= 15 is 0 Å². The Morgan fingerprint density at radius 2 is 1.38 bits per heavy atom. The molecule has 3 atom stereocenters. The Morgan fingerprint density at radius 3 is 1.93 bits per heavy atom. The predicted octanol–water partition coefficient (Wildman–Crippen LogP) is 5.37. The van der Waals surface area contributed by atoms with E-state index in [-0.39, 0.29) is 23.6 Å². The van der Waals surface area contributed by atoms with Crippen molar-refractivity contribution in [3.8, 4) is 0 Å². The lowest BCUT2D eigenvalue weighted by Crippen LogP contribution is -2.26. The smallest absolute Gasteiger partial charge is 0.306 e. The maximum atomic E-state index is 12.2. The molecule has 3 rings (SSSR count). The third kappa shape index (κ3) is 5.96. The molecule has 0 aliphatic heterocycles. The van der Waals surface area contributed by atoms with Crippen LogP contribution in [-0.2, 0) is 15.3 Å². The van der Waals surface area contributed by atoms with Gasteiger partial charge in [-0.25, -0.2) is 0 Å². The maximum absolute atomic E-state index is 12.2. The third-order valence-corrected chi connectivity index (χ3v) is 6.45. The molecule has 4 heteroatoms. The summed E-state index contributed by atoms with van der Waals surface area (Å²) in [5.41, 5.74) is 3.06. The summed E-state index contributed by atoms with van der Waals surface area (Å²) in [6.07, 6.45) is -0.489. The highest BCUT2D eigenvalue weighted by Gasteiger charge is 2.33. The van der Waals surface area contributed by atoms with Gasteiger partial charge in [-0.2, -0.15) is 11.8 Å². The van der Waals surface area contributed by atoms with Crippen LogP contribution in [0.3, 0.4) is 0 Å². The van der Waals surface area contributed by atoms with Crippen LogP contribution in [0, 0.1) is 0 Å². The standard InChI is InChI=1S/C25H26O3S/c1-28-23(26)17-22(20-13-7-3-8-14-20)25(24(27)21-15-9-4-10-16-21)29-18-19-11-5-2-6-12-19/h2-16,22,24-25,27H,17-18H2,1H3/t22-,24-,25-/m1/s1. The van der Waals surface area contributed by atoms with Crippen molar-refractivity contribution in [2.75, 3.05) is 7.11 Å². The van der Waals surface area contributed by atoms with Crippen LogP contribution in [0.4, 0.5) is 0 Å². The highest BCUT2D eigenvalue weighted by Crippen LogP contribution is 2.41. The molecule has 0 unspecified atom stereocenters. The van der Waals surface area contributed by atoms with Crippen LogP contribution in [0.1, 0.15) is 35.1 Å². The van der Waals surface area contributed by atoms with Gasteiger partial charge in [0.05, 0.1) is 19.6 Å². The van der Waals surface area contributed by atoms with Gasteiger partial charge in [0.2, 0.25) is 0 Å². The largest absolute Gasteiger partial charge is 0.469 e. The number of hydrogen-bond acceptors (Lipinski definition) is 4. The van der Waals surface area contributed by atoms with E-state index < -0.39 is 6.10 Å². The summed E-state index contributed by atoms with van der Waals surface area (Å²) in [5, 5.41) is 11.1. The Morgan fingerprint density at radius 1 is 0.862 bits per heavy atom. The number of carbonyl (C=O) groups excluding carboxylic acids is 1. The molecule has 0 radical (unpaired) electrons. The normalized spacial score (nSPS) is 14.0. The second-order valence-corrected chi connectivity index (χ2v) is 8.08. The SMILES string of the molecule is COC(=O)C[C@H](c1ccccc1)[C@@H](SCc1ccccc1)[C@H](O)c1ccccc1. The van der Waals surface area contributed by atoms with Gasteiger partial charge >= 0.3 is 5.97 Å². The Hall–Kier alpha value is -2.56. The van der Waals surface area contributed by atoms with E-state index in [4.69, 9.17) is 4.74 Å². The van der Waals surface area contributed by atoms with Gasteiger partial charge in [0.25, 0.3) is 0 Å². The molecule has 0 amide bonds. The van der Waals surface area contributed by atoms with Crippen LogP contribution in [0.15, 0.2) is 91.0 Å².